The van der Waals surface area contributed by atoms with E-state index in [2.05, 4.69) is 31.8 Å². The van der Waals surface area contributed by atoms with Gasteiger partial charge in [-0.05, 0) is 42.8 Å². The number of phenols is 1. The Kier molecular flexibility index (Phi) is 6.82. The molecule has 2 aromatic rings. The summed E-state index contributed by atoms with van der Waals surface area (Å²) in [6, 6.07) is 12.2. The molecule has 0 heterocycles. The van der Waals surface area contributed by atoms with E-state index in [1.165, 1.54) is 13.3 Å². The maximum Gasteiger partial charge on any atom is 0.262 e. The Balaban J connectivity index is 1.98. The molecule has 0 spiro atoms. The van der Waals surface area contributed by atoms with Crippen molar-refractivity contribution in [3.63, 3.8) is 0 Å². The van der Waals surface area contributed by atoms with E-state index in [4.69, 9.17) is 4.74 Å². The summed E-state index contributed by atoms with van der Waals surface area (Å²) in [5.41, 5.74) is 3.78. The van der Waals surface area contributed by atoms with Crippen LogP contribution in [0.1, 0.15) is 18.9 Å². The van der Waals surface area contributed by atoms with Gasteiger partial charge >= 0.3 is 0 Å². The van der Waals surface area contributed by atoms with Gasteiger partial charge in [-0.3, -0.25) is 4.79 Å². The average Bonchev–Trinajstić information content (AvgIpc) is 2.62. The Labute approximate surface area is 155 Å². The smallest absolute Gasteiger partial charge is 0.262 e. The van der Waals surface area contributed by atoms with E-state index in [0.29, 0.717) is 17.7 Å². The molecule has 7 heteroatoms. The zero-order valence-electron chi connectivity index (χ0n) is 14.0. The number of benzene rings is 2. The highest BCUT2D eigenvalue weighted by atomic mass is 79.9. The number of anilines is 1. The van der Waals surface area contributed by atoms with Gasteiger partial charge in [0, 0.05) is 15.7 Å². The zero-order chi connectivity index (χ0) is 18.2. The monoisotopic (exact) mass is 405 g/mol. The van der Waals surface area contributed by atoms with Gasteiger partial charge in [-0.15, -0.1) is 0 Å². The fourth-order valence-electron chi connectivity index (χ4n) is 2.15. The SMILES string of the molecule is CC[C@H](Nc1ccc(Br)cc1)C(=O)N/N=C/c1cccc(OC)c1O. The summed E-state index contributed by atoms with van der Waals surface area (Å²) in [5.74, 6) is 0.0608. The summed E-state index contributed by atoms with van der Waals surface area (Å²) in [7, 11) is 1.47. The molecule has 1 amide bonds. The van der Waals surface area contributed by atoms with Gasteiger partial charge < -0.3 is 15.2 Å². The lowest BCUT2D eigenvalue weighted by atomic mass is 10.2. The summed E-state index contributed by atoms with van der Waals surface area (Å²) in [4.78, 5) is 12.3. The molecule has 0 unspecified atom stereocenters. The van der Waals surface area contributed by atoms with Gasteiger partial charge in [0.25, 0.3) is 5.91 Å². The second kappa shape index (κ2) is 9.08. The second-order valence-corrected chi connectivity index (χ2v) is 6.16. The molecule has 0 bridgehead atoms. The molecule has 0 radical (unpaired) electrons. The van der Waals surface area contributed by atoms with Crippen molar-refractivity contribution in [3.8, 4) is 11.5 Å². The summed E-state index contributed by atoms with van der Waals surface area (Å²) < 4.78 is 6.00. The molecular weight excluding hydrogens is 386 g/mol. The van der Waals surface area contributed by atoms with Crippen molar-refractivity contribution in [2.24, 2.45) is 5.10 Å². The van der Waals surface area contributed by atoms with Crippen molar-refractivity contribution < 1.29 is 14.6 Å². The number of hydrazone groups is 1. The van der Waals surface area contributed by atoms with Crippen LogP contribution in [0, 0.1) is 0 Å². The van der Waals surface area contributed by atoms with Crippen molar-refractivity contribution >= 4 is 33.7 Å². The molecular formula is C18H20BrN3O3. The second-order valence-electron chi connectivity index (χ2n) is 5.24. The van der Waals surface area contributed by atoms with Crippen LogP contribution in [-0.2, 0) is 4.79 Å². The third-order valence-corrected chi connectivity index (χ3v) is 4.07. The van der Waals surface area contributed by atoms with E-state index >= 15 is 0 Å². The molecule has 0 saturated heterocycles. The summed E-state index contributed by atoms with van der Waals surface area (Å²) >= 11 is 3.37. The third-order valence-electron chi connectivity index (χ3n) is 3.54. The average molecular weight is 406 g/mol. The van der Waals surface area contributed by atoms with Gasteiger partial charge in [0.05, 0.1) is 13.3 Å². The maximum absolute atomic E-state index is 12.3. The van der Waals surface area contributed by atoms with E-state index in [-0.39, 0.29) is 11.7 Å². The first-order chi connectivity index (χ1) is 12.0. The number of carbonyl (C=O) groups excluding carboxylic acids is 1. The number of rotatable bonds is 7. The first kappa shape index (κ1) is 18.8. The van der Waals surface area contributed by atoms with Crippen LogP contribution in [0.4, 0.5) is 5.69 Å². The Bertz CT molecular complexity index is 748. The number of aromatic hydroxyl groups is 1. The number of methoxy groups -OCH3 is 1. The molecule has 132 valence electrons. The van der Waals surface area contributed by atoms with Crippen molar-refractivity contribution in [1.29, 1.82) is 0 Å². The Morgan fingerprint density at radius 1 is 1.32 bits per heavy atom. The van der Waals surface area contributed by atoms with E-state index in [9.17, 15) is 9.90 Å². The normalized spacial score (nSPS) is 12.0. The minimum Gasteiger partial charge on any atom is -0.504 e. The highest BCUT2D eigenvalue weighted by Crippen LogP contribution is 2.27. The van der Waals surface area contributed by atoms with Gasteiger partial charge in [-0.25, -0.2) is 5.43 Å². The standard InChI is InChI=1S/C18H20BrN3O3/c1-3-15(21-14-9-7-13(19)8-10-14)18(24)22-20-11-12-5-4-6-16(25-2)17(12)23/h4-11,15,21,23H,3H2,1-2H3,(H,22,24)/b20-11+/t15-/m0/s1. The van der Waals surface area contributed by atoms with Gasteiger partial charge in [-0.1, -0.05) is 28.9 Å². The summed E-state index contributed by atoms with van der Waals surface area (Å²) in [6.07, 6.45) is 1.98. The van der Waals surface area contributed by atoms with Crippen LogP contribution in [0.15, 0.2) is 52.0 Å². The number of ether oxygens (including phenoxy) is 1. The molecule has 0 aliphatic carbocycles. The van der Waals surface area contributed by atoms with Crippen LogP contribution in [0.5, 0.6) is 11.5 Å². The highest BCUT2D eigenvalue weighted by molar-refractivity contribution is 9.10. The summed E-state index contributed by atoms with van der Waals surface area (Å²) in [6.45, 7) is 1.91. The van der Waals surface area contributed by atoms with Gasteiger partial charge in [0.15, 0.2) is 11.5 Å². The number of phenolic OH excluding ortho intramolecular Hbond substituents is 1. The van der Waals surface area contributed by atoms with E-state index in [1.807, 2.05) is 31.2 Å². The number of halogens is 1. The van der Waals surface area contributed by atoms with Crippen LogP contribution >= 0.6 is 15.9 Å². The highest BCUT2D eigenvalue weighted by Gasteiger charge is 2.15. The van der Waals surface area contributed by atoms with Crippen molar-refractivity contribution in [2.45, 2.75) is 19.4 Å². The quantitative estimate of drug-likeness (QED) is 0.486. The zero-order valence-corrected chi connectivity index (χ0v) is 15.6. The molecule has 0 aliphatic heterocycles. The fraction of sp³-hybridized carbons (Fsp3) is 0.222. The van der Waals surface area contributed by atoms with E-state index < -0.39 is 6.04 Å². The Morgan fingerprint density at radius 2 is 2.04 bits per heavy atom. The van der Waals surface area contributed by atoms with Crippen LogP contribution in [0.25, 0.3) is 0 Å². The van der Waals surface area contributed by atoms with Crippen LogP contribution < -0.4 is 15.5 Å². The lowest BCUT2D eigenvalue weighted by Gasteiger charge is -2.16. The van der Waals surface area contributed by atoms with Crippen molar-refractivity contribution in [1.82, 2.24) is 5.43 Å². The van der Waals surface area contributed by atoms with E-state index in [0.717, 1.165) is 10.2 Å². The van der Waals surface area contributed by atoms with Gasteiger partial charge in [0.2, 0.25) is 0 Å². The first-order valence-corrected chi connectivity index (χ1v) is 8.55. The third kappa shape index (κ3) is 5.22. The fourth-order valence-corrected chi connectivity index (χ4v) is 2.42. The number of carbonyl (C=O) groups is 1. The lowest BCUT2D eigenvalue weighted by Crippen LogP contribution is -2.36. The summed E-state index contributed by atoms with van der Waals surface area (Å²) in [5, 5.41) is 17.1. The molecule has 0 saturated carbocycles. The molecule has 0 aliphatic rings. The van der Waals surface area contributed by atoms with Crippen LogP contribution in [0.3, 0.4) is 0 Å². The molecule has 2 aromatic carbocycles. The molecule has 0 aromatic heterocycles. The topological polar surface area (TPSA) is 83.0 Å². The van der Waals surface area contributed by atoms with Crippen LogP contribution in [0.2, 0.25) is 0 Å². The molecule has 25 heavy (non-hydrogen) atoms. The maximum atomic E-state index is 12.3. The molecule has 1 atom stereocenters. The van der Waals surface area contributed by atoms with Gasteiger partial charge in [-0.2, -0.15) is 5.10 Å². The Hall–Kier alpha value is -2.54. The number of nitrogens with zero attached hydrogens (tertiary/aromatic N) is 1. The van der Waals surface area contributed by atoms with Crippen molar-refractivity contribution in [2.75, 3.05) is 12.4 Å². The minimum absolute atomic E-state index is 0.0250. The van der Waals surface area contributed by atoms with Gasteiger partial charge in [0.1, 0.15) is 6.04 Å². The van der Waals surface area contributed by atoms with Crippen LogP contribution in [-0.4, -0.2) is 30.4 Å². The largest absolute Gasteiger partial charge is 0.504 e. The predicted octanol–water partition coefficient (Wildman–Crippen LogP) is 3.50. The lowest BCUT2D eigenvalue weighted by molar-refractivity contribution is -0.121. The number of nitrogens with one attached hydrogen (secondary N) is 2. The number of amides is 1. The number of para-hydroxylation sites is 1. The Morgan fingerprint density at radius 3 is 2.68 bits per heavy atom. The molecule has 3 N–H and O–H groups in total. The molecule has 2 rings (SSSR count). The van der Waals surface area contributed by atoms with E-state index in [1.54, 1.807) is 18.2 Å². The number of hydrogen-bond donors (Lipinski definition) is 3. The minimum atomic E-state index is -0.419. The first-order valence-electron chi connectivity index (χ1n) is 7.76. The molecule has 0 fully saturated rings. The predicted molar refractivity (Wildman–Crippen MR) is 102 cm³/mol. The molecule has 6 nitrogen and oxygen atoms in total. The number of hydrogen-bond acceptors (Lipinski definition) is 5. The van der Waals surface area contributed by atoms with Crippen molar-refractivity contribution in [3.05, 3.63) is 52.5 Å².